The maximum atomic E-state index is 13.4. The molecule has 1 heterocycles. The van der Waals surface area contributed by atoms with Crippen molar-refractivity contribution in [3.63, 3.8) is 0 Å². The summed E-state index contributed by atoms with van der Waals surface area (Å²) in [5.41, 5.74) is 2.22. The van der Waals surface area contributed by atoms with Gasteiger partial charge in [-0.15, -0.1) is 0 Å². The molecule has 0 aromatic heterocycles. The fourth-order valence-electron chi connectivity index (χ4n) is 3.87. The fourth-order valence-corrected chi connectivity index (χ4v) is 5.51. The van der Waals surface area contributed by atoms with Gasteiger partial charge >= 0.3 is 5.97 Å². The number of nitrogens with zero attached hydrogens (tertiary/aromatic N) is 2. The second-order valence-corrected chi connectivity index (χ2v) is 10.8. The van der Waals surface area contributed by atoms with Gasteiger partial charge in [0, 0.05) is 26.2 Å². The first-order valence-corrected chi connectivity index (χ1v) is 12.7. The molecule has 0 bridgehead atoms. The van der Waals surface area contributed by atoms with E-state index >= 15 is 0 Å². The molecule has 2 aromatic carbocycles. The Hall–Kier alpha value is -2.42. The van der Waals surface area contributed by atoms with Crippen molar-refractivity contribution in [2.75, 3.05) is 26.7 Å². The smallest absolute Gasteiger partial charge is 0.307 e. The molecule has 0 unspecified atom stereocenters. The SMILES string of the molecule is COC(=O)CCN(CC(C)C)C(=O)c1cc(S(=O)(=O)N2CCc3ccccc3C2)ccc1Cl. The van der Waals surface area contributed by atoms with Gasteiger partial charge in [-0.05, 0) is 41.7 Å². The van der Waals surface area contributed by atoms with E-state index in [0.717, 1.165) is 11.1 Å². The van der Waals surface area contributed by atoms with Gasteiger partial charge in [0.05, 0.1) is 29.0 Å². The van der Waals surface area contributed by atoms with Crippen LogP contribution in [0.15, 0.2) is 47.4 Å². The molecule has 0 aliphatic carbocycles. The van der Waals surface area contributed by atoms with Gasteiger partial charge in [0.2, 0.25) is 10.0 Å². The van der Waals surface area contributed by atoms with Crippen molar-refractivity contribution < 1.29 is 22.7 Å². The van der Waals surface area contributed by atoms with Crippen LogP contribution in [0.5, 0.6) is 0 Å². The quantitative estimate of drug-likeness (QED) is 0.524. The number of hydrogen-bond acceptors (Lipinski definition) is 5. The first-order valence-electron chi connectivity index (χ1n) is 10.9. The van der Waals surface area contributed by atoms with Crippen molar-refractivity contribution in [3.8, 4) is 0 Å². The molecular formula is C24H29ClN2O5S. The zero-order chi connectivity index (χ0) is 24.2. The lowest BCUT2D eigenvalue weighted by atomic mass is 10.0. The molecule has 3 rings (SSSR count). The minimum atomic E-state index is -3.83. The number of hydrogen-bond donors (Lipinski definition) is 0. The summed E-state index contributed by atoms with van der Waals surface area (Å²) in [6, 6.07) is 12.0. The van der Waals surface area contributed by atoms with Crippen molar-refractivity contribution in [2.45, 2.75) is 38.1 Å². The molecular weight excluding hydrogens is 464 g/mol. The Morgan fingerprint density at radius 1 is 1.15 bits per heavy atom. The number of rotatable bonds is 8. The van der Waals surface area contributed by atoms with Crippen LogP contribution >= 0.6 is 11.6 Å². The highest BCUT2D eigenvalue weighted by molar-refractivity contribution is 7.89. The molecule has 2 aromatic rings. The molecule has 0 atom stereocenters. The summed E-state index contributed by atoms with van der Waals surface area (Å²) in [4.78, 5) is 26.4. The number of amides is 1. The van der Waals surface area contributed by atoms with Gasteiger partial charge < -0.3 is 9.64 Å². The van der Waals surface area contributed by atoms with Crippen LogP contribution in [0.1, 0.15) is 41.8 Å². The number of carbonyl (C=O) groups excluding carboxylic acids is 2. The average Bonchev–Trinajstić information content (AvgIpc) is 2.80. The predicted octanol–water partition coefficient (Wildman–Crippen LogP) is 3.75. The molecule has 0 fully saturated rings. The summed E-state index contributed by atoms with van der Waals surface area (Å²) in [5.74, 6) is -0.700. The van der Waals surface area contributed by atoms with Crippen LogP contribution in [-0.2, 0) is 32.5 Å². The van der Waals surface area contributed by atoms with Crippen LogP contribution in [0.25, 0.3) is 0 Å². The lowest BCUT2D eigenvalue weighted by Gasteiger charge is -2.28. The van der Waals surface area contributed by atoms with E-state index in [-0.39, 0.29) is 40.9 Å². The lowest BCUT2D eigenvalue weighted by Crippen LogP contribution is -2.37. The summed E-state index contributed by atoms with van der Waals surface area (Å²) in [6.45, 7) is 5.10. The normalized spacial score (nSPS) is 14.1. The molecule has 0 saturated heterocycles. The Balaban J connectivity index is 1.88. The number of fused-ring (bicyclic) bond motifs is 1. The monoisotopic (exact) mass is 492 g/mol. The summed E-state index contributed by atoms with van der Waals surface area (Å²) >= 11 is 6.32. The zero-order valence-corrected chi connectivity index (χ0v) is 20.7. The van der Waals surface area contributed by atoms with Crippen LogP contribution in [0.3, 0.4) is 0 Å². The first kappa shape index (κ1) is 25.2. The largest absolute Gasteiger partial charge is 0.469 e. The van der Waals surface area contributed by atoms with E-state index in [4.69, 9.17) is 11.6 Å². The van der Waals surface area contributed by atoms with E-state index in [1.807, 2.05) is 38.1 Å². The van der Waals surface area contributed by atoms with E-state index in [1.165, 1.54) is 34.5 Å². The summed E-state index contributed by atoms with van der Waals surface area (Å²) in [6.07, 6.45) is 0.669. The average molecular weight is 493 g/mol. The minimum Gasteiger partial charge on any atom is -0.469 e. The van der Waals surface area contributed by atoms with Gasteiger partial charge in [0.15, 0.2) is 0 Å². The highest BCUT2D eigenvalue weighted by atomic mass is 35.5. The number of esters is 1. The zero-order valence-electron chi connectivity index (χ0n) is 19.1. The first-order chi connectivity index (χ1) is 15.6. The van der Waals surface area contributed by atoms with Crippen LogP contribution in [0, 0.1) is 5.92 Å². The number of halogens is 1. The molecule has 1 aliphatic heterocycles. The molecule has 7 nitrogen and oxygen atoms in total. The standard InChI is InChI=1S/C24H29ClN2O5S/c1-17(2)15-26(12-11-23(28)32-3)24(29)21-14-20(8-9-22(21)25)33(30,31)27-13-10-18-6-4-5-7-19(18)16-27/h4-9,14,17H,10-13,15-16H2,1-3H3. The number of sulfonamides is 1. The fraction of sp³-hybridized carbons (Fsp3) is 0.417. The van der Waals surface area contributed by atoms with E-state index in [2.05, 4.69) is 4.74 Å². The molecule has 1 amide bonds. The molecule has 0 N–H and O–H groups in total. The van der Waals surface area contributed by atoms with Gasteiger partial charge in [0.25, 0.3) is 5.91 Å². The maximum absolute atomic E-state index is 13.4. The Morgan fingerprint density at radius 2 is 1.85 bits per heavy atom. The molecule has 0 spiro atoms. The third kappa shape index (κ3) is 5.93. The van der Waals surface area contributed by atoms with E-state index in [9.17, 15) is 18.0 Å². The highest BCUT2D eigenvalue weighted by Crippen LogP contribution is 2.28. The third-order valence-electron chi connectivity index (χ3n) is 5.59. The summed E-state index contributed by atoms with van der Waals surface area (Å²) < 4.78 is 32.9. The van der Waals surface area contributed by atoms with Gasteiger partial charge in [-0.1, -0.05) is 49.7 Å². The molecule has 1 aliphatic rings. The Labute approximate surface area is 200 Å². The van der Waals surface area contributed by atoms with Crippen LogP contribution in [0.4, 0.5) is 0 Å². The van der Waals surface area contributed by atoms with Crippen LogP contribution in [-0.4, -0.2) is 56.2 Å². The molecule has 0 saturated carbocycles. The predicted molar refractivity (Wildman–Crippen MR) is 127 cm³/mol. The van der Waals surface area contributed by atoms with Crippen molar-refractivity contribution in [1.29, 1.82) is 0 Å². The van der Waals surface area contributed by atoms with Crippen molar-refractivity contribution in [2.24, 2.45) is 5.92 Å². The highest BCUT2D eigenvalue weighted by Gasteiger charge is 2.30. The molecule has 178 valence electrons. The molecule has 33 heavy (non-hydrogen) atoms. The Morgan fingerprint density at radius 3 is 2.52 bits per heavy atom. The van der Waals surface area contributed by atoms with Crippen molar-refractivity contribution >= 4 is 33.5 Å². The van der Waals surface area contributed by atoms with Gasteiger partial charge in [-0.2, -0.15) is 4.31 Å². The lowest BCUT2D eigenvalue weighted by molar-refractivity contribution is -0.140. The van der Waals surface area contributed by atoms with E-state index < -0.39 is 21.9 Å². The van der Waals surface area contributed by atoms with E-state index in [1.54, 1.807) is 0 Å². The summed E-state index contributed by atoms with van der Waals surface area (Å²) in [7, 11) is -2.53. The number of benzene rings is 2. The molecule has 0 radical (unpaired) electrons. The minimum absolute atomic E-state index is 0.0205. The van der Waals surface area contributed by atoms with Gasteiger partial charge in [-0.3, -0.25) is 9.59 Å². The van der Waals surface area contributed by atoms with Gasteiger partial charge in [0.1, 0.15) is 0 Å². The maximum Gasteiger partial charge on any atom is 0.307 e. The topological polar surface area (TPSA) is 84.0 Å². The van der Waals surface area contributed by atoms with Crippen molar-refractivity contribution in [1.82, 2.24) is 9.21 Å². The second-order valence-electron chi connectivity index (χ2n) is 8.47. The van der Waals surface area contributed by atoms with Gasteiger partial charge in [-0.25, -0.2) is 8.42 Å². The van der Waals surface area contributed by atoms with Crippen LogP contribution < -0.4 is 0 Å². The Bertz CT molecular complexity index is 1130. The second kappa shape index (κ2) is 10.7. The number of methoxy groups -OCH3 is 1. The van der Waals surface area contributed by atoms with Crippen LogP contribution in [0.2, 0.25) is 5.02 Å². The summed E-state index contributed by atoms with van der Waals surface area (Å²) in [5, 5.41) is 0.162. The molecule has 9 heteroatoms. The third-order valence-corrected chi connectivity index (χ3v) is 7.76. The Kier molecular flexibility index (Phi) is 8.15. The van der Waals surface area contributed by atoms with Crippen molar-refractivity contribution in [3.05, 3.63) is 64.2 Å². The van der Waals surface area contributed by atoms with E-state index in [0.29, 0.717) is 19.5 Å². The number of ether oxygens (including phenoxy) is 1. The number of carbonyl (C=O) groups is 2.